The van der Waals surface area contributed by atoms with Crippen LogP contribution in [0.25, 0.3) is 0 Å². The van der Waals surface area contributed by atoms with E-state index in [-0.39, 0.29) is 12.0 Å². The summed E-state index contributed by atoms with van der Waals surface area (Å²) in [6, 6.07) is -0.181. The SMILES string of the molecule is CCOC(=O)C1CCCCN1Cc1nc(CC(C)C)no1. The molecule has 1 saturated heterocycles. The van der Waals surface area contributed by atoms with E-state index >= 15 is 0 Å². The zero-order valence-electron chi connectivity index (χ0n) is 13.2. The number of rotatable bonds is 6. The first-order valence-electron chi connectivity index (χ1n) is 7.82. The molecular formula is C15H25N3O3. The molecule has 6 heteroatoms. The third-order valence-electron chi connectivity index (χ3n) is 3.61. The van der Waals surface area contributed by atoms with Crippen LogP contribution < -0.4 is 0 Å². The Labute approximate surface area is 125 Å². The first kappa shape index (κ1) is 15.9. The van der Waals surface area contributed by atoms with Crippen molar-refractivity contribution in [3.8, 4) is 0 Å². The summed E-state index contributed by atoms with van der Waals surface area (Å²) in [5.41, 5.74) is 0. The molecular weight excluding hydrogens is 270 g/mol. The molecule has 0 N–H and O–H groups in total. The van der Waals surface area contributed by atoms with E-state index in [1.165, 1.54) is 0 Å². The van der Waals surface area contributed by atoms with Crippen molar-refractivity contribution in [2.75, 3.05) is 13.2 Å². The van der Waals surface area contributed by atoms with Crippen LogP contribution in [0.4, 0.5) is 0 Å². The largest absolute Gasteiger partial charge is 0.465 e. The lowest BCUT2D eigenvalue weighted by Crippen LogP contribution is -2.45. The minimum absolute atomic E-state index is 0.140. The minimum atomic E-state index is -0.181. The van der Waals surface area contributed by atoms with Crippen molar-refractivity contribution >= 4 is 5.97 Å². The van der Waals surface area contributed by atoms with Gasteiger partial charge in [-0.3, -0.25) is 9.69 Å². The number of ether oxygens (including phenoxy) is 1. The van der Waals surface area contributed by atoms with E-state index in [9.17, 15) is 4.79 Å². The second-order valence-corrected chi connectivity index (χ2v) is 5.94. The van der Waals surface area contributed by atoms with Gasteiger partial charge in [-0.25, -0.2) is 0 Å². The third-order valence-corrected chi connectivity index (χ3v) is 3.61. The fourth-order valence-corrected chi connectivity index (χ4v) is 2.66. The van der Waals surface area contributed by atoms with Gasteiger partial charge in [-0.05, 0) is 32.2 Å². The van der Waals surface area contributed by atoms with Gasteiger partial charge in [0.05, 0.1) is 13.2 Å². The van der Waals surface area contributed by atoms with E-state index in [0.717, 1.165) is 38.1 Å². The molecule has 1 unspecified atom stereocenters. The molecule has 1 atom stereocenters. The highest BCUT2D eigenvalue weighted by Crippen LogP contribution is 2.20. The molecule has 0 radical (unpaired) electrons. The lowest BCUT2D eigenvalue weighted by Gasteiger charge is -2.32. The number of piperidine rings is 1. The van der Waals surface area contributed by atoms with Crippen molar-refractivity contribution in [3.63, 3.8) is 0 Å². The van der Waals surface area contributed by atoms with Crippen LogP contribution in [0.3, 0.4) is 0 Å². The number of nitrogens with zero attached hydrogens (tertiary/aromatic N) is 3. The summed E-state index contributed by atoms with van der Waals surface area (Å²) >= 11 is 0. The molecule has 21 heavy (non-hydrogen) atoms. The molecule has 2 heterocycles. The van der Waals surface area contributed by atoms with Crippen molar-refractivity contribution in [3.05, 3.63) is 11.7 Å². The van der Waals surface area contributed by atoms with Gasteiger partial charge in [-0.1, -0.05) is 25.4 Å². The molecule has 1 aromatic heterocycles. The number of hydrogen-bond acceptors (Lipinski definition) is 6. The Bertz CT molecular complexity index is 459. The predicted octanol–water partition coefficient (Wildman–Crippen LogP) is 2.19. The van der Waals surface area contributed by atoms with Crippen LogP contribution >= 0.6 is 0 Å². The quantitative estimate of drug-likeness (QED) is 0.749. The van der Waals surface area contributed by atoms with Crippen molar-refractivity contribution in [1.29, 1.82) is 0 Å². The van der Waals surface area contributed by atoms with Gasteiger partial charge in [-0.2, -0.15) is 4.98 Å². The lowest BCUT2D eigenvalue weighted by molar-refractivity contribution is -0.151. The predicted molar refractivity (Wildman–Crippen MR) is 77.5 cm³/mol. The number of aromatic nitrogens is 2. The molecule has 1 aliphatic heterocycles. The van der Waals surface area contributed by atoms with Crippen LogP contribution in [-0.4, -0.2) is 40.2 Å². The molecule has 0 saturated carbocycles. The first-order valence-corrected chi connectivity index (χ1v) is 7.82. The van der Waals surface area contributed by atoms with Crippen LogP contribution in [0.1, 0.15) is 51.7 Å². The highest BCUT2D eigenvalue weighted by atomic mass is 16.5. The lowest BCUT2D eigenvalue weighted by atomic mass is 10.0. The van der Waals surface area contributed by atoms with Gasteiger partial charge in [0.1, 0.15) is 6.04 Å². The summed E-state index contributed by atoms with van der Waals surface area (Å²) < 4.78 is 10.5. The van der Waals surface area contributed by atoms with Crippen LogP contribution in [0.5, 0.6) is 0 Å². The number of hydrogen-bond donors (Lipinski definition) is 0. The number of carbonyl (C=O) groups excluding carboxylic acids is 1. The Morgan fingerprint density at radius 1 is 1.48 bits per heavy atom. The van der Waals surface area contributed by atoms with Crippen LogP contribution in [0.2, 0.25) is 0 Å². The molecule has 118 valence electrons. The summed E-state index contributed by atoms with van der Waals surface area (Å²) in [6.45, 7) is 7.89. The van der Waals surface area contributed by atoms with E-state index in [4.69, 9.17) is 9.26 Å². The second-order valence-electron chi connectivity index (χ2n) is 5.94. The smallest absolute Gasteiger partial charge is 0.323 e. The van der Waals surface area contributed by atoms with Gasteiger partial charge >= 0.3 is 5.97 Å². The Morgan fingerprint density at radius 2 is 2.29 bits per heavy atom. The molecule has 0 aromatic carbocycles. The van der Waals surface area contributed by atoms with Crippen molar-refractivity contribution in [1.82, 2.24) is 15.0 Å². The summed E-state index contributed by atoms with van der Waals surface area (Å²) in [4.78, 5) is 18.5. The minimum Gasteiger partial charge on any atom is -0.465 e. The normalized spacial score (nSPS) is 19.9. The molecule has 0 bridgehead atoms. The third kappa shape index (κ3) is 4.52. The monoisotopic (exact) mass is 295 g/mol. The number of esters is 1. The van der Waals surface area contributed by atoms with E-state index in [2.05, 4.69) is 28.9 Å². The van der Waals surface area contributed by atoms with Gasteiger partial charge < -0.3 is 9.26 Å². The molecule has 0 aliphatic carbocycles. The van der Waals surface area contributed by atoms with Gasteiger partial charge in [0, 0.05) is 6.42 Å². The summed E-state index contributed by atoms with van der Waals surface area (Å²) in [5.74, 6) is 1.68. The highest BCUT2D eigenvalue weighted by molar-refractivity contribution is 5.75. The first-order chi connectivity index (χ1) is 10.1. The van der Waals surface area contributed by atoms with Gasteiger partial charge in [-0.15, -0.1) is 0 Å². The maximum atomic E-state index is 12.0. The molecule has 1 fully saturated rings. The molecule has 0 spiro atoms. The molecule has 1 aliphatic rings. The van der Waals surface area contributed by atoms with Gasteiger partial charge in [0.2, 0.25) is 5.89 Å². The van der Waals surface area contributed by atoms with Crippen molar-refractivity contribution in [2.45, 2.75) is 59.0 Å². The second kappa shape index (κ2) is 7.54. The molecule has 0 amide bonds. The average Bonchev–Trinajstić information content (AvgIpc) is 2.86. The van der Waals surface area contributed by atoms with Gasteiger partial charge in [0.15, 0.2) is 5.82 Å². The summed E-state index contributed by atoms with van der Waals surface area (Å²) in [5, 5.41) is 4.00. The molecule has 6 nitrogen and oxygen atoms in total. The van der Waals surface area contributed by atoms with E-state index in [1.54, 1.807) is 0 Å². The van der Waals surface area contributed by atoms with Crippen molar-refractivity contribution < 1.29 is 14.1 Å². The number of likely N-dealkylation sites (tertiary alicyclic amines) is 1. The Kier molecular flexibility index (Phi) is 5.73. The topological polar surface area (TPSA) is 68.5 Å². The fourth-order valence-electron chi connectivity index (χ4n) is 2.66. The fraction of sp³-hybridized carbons (Fsp3) is 0.800. The number of carbonyl (C=O) groups is 1. The zero-order chi connectivity index (χ0) is 15.2. The maximum absolute atomic E-state index is 12.0. The Balaban J connectivity index is 1.98. The zero-order valence-corrected chi connectivity index (χ0v) is 13.2. The molecule has 1 aromatic rings. The van der Waals surface area contributed by atoms with Crippen molar-refractivity contribution in [2.24, 2.45) is 5.92 Å². The van der Waals surface area contributed by atoms with Gasteiger partial charge in [0.25, 0.3) is 0 Å². The van der Waals surface area contributed by atoms with Crippen LogP contribution in [0, 0.1) is 5.92 Å². The maximum Gasteiger partial charge on any atom is 0.323 e. The van der Waals surface area contributed by atoms with E-state index in [1.807, 2.05) is 6.92 Å². The van der Waals surface area contributed by atoms with E-state index in [0.29, 0.717) is 25.0 Å². The van der Waals surface area contributed by atoms with E-state index < -0.39 is 0 Å². The summed E-state index contributed by atoms with van der Waals surface area (Å²) in [6.07, 6.45) is 3.79. The standard InChI is InChI=1S/C15H25N3O3/c1-4-20-15(19)12-7-5-6-8-18(12)10-14-16-13(17-21-14)9-11(2)3/h11-12H,4-10H2,1-3H3. The van der Waals surface area contributed by atoms with Crippen LogP contribution in [-0.2, 0) is 22.5 Å². The highest BCUT2D eigenvalue weighted by Gasteiger charge is 2.30. The van der Waals surface area contributed by atoms with Crippen LogP contribution in [0.15, 0.2) is 4.52 Å². The Hall–Kier alpha value is -1.43. The molecule has 2 rings (SSSR count). The Morgan fingerprint density at radius 3 is 3.00 bits per heavy atom. The summed E-state index contributed by atoms with van der Waals surface area (Å²) in [7, 11) is 0. The average molecular weight is 295 g/mol.